The molecule has 0 aliphatic carbocycles. The van der Waals surface area contributed by atoms with Crippen LogP contribution < -0.4 is 20.1 Å². The first kappa shape index (κ1) is 21.0. The van der Waals surface area contributed by atoms with E-state index in [1.807, 2.05) is 6.07 Å². The molecule has 8 nitrogen and oxygen atoms in total. The van der Waals surface area contributed by atoms with Gasteiger partial charge in [-0.2, -0.15) is 5.10 Å². The van der Waals surface area contributed by atoms with E-state index in [2.05, 4.69) is 15.7 Å². The standard InChI is InChI=1S/C21H18Cl2N4O4/c1-30-17-6-3-11(7-18(17)31-2)13-10-24-27-16(21(29)26-20(13)27)9-19(28)25-15-8-12(22)4-5-14(15)23/h3-8,10,16H,9H2,1-2H3,(H,25,28)(H,26,29). The number of amides is 2. The number of rotatable bonds is 6. The van der Waals surface area contributed by atoms with E-state index in [1.54, 1.807) is 50.7 Å². The number of aromatic nitrogens is 2. The van der Waals surface area contributed by atoms with Gasteiger partial charge in [0.05, 0.1) is 37.5 Å². The smallest absolute Gasteiger partial charge is 0.251 e. The number of ether oxygens (including phenoxy) is 2. The van der Waals surface area contributed by atoms with Gasteiger partial charge in [-0.15, -0.1) is 0 Å². The Morgan fingerprint density at radius 1 is 1.16 bits per heavy atom. The van der Waals surface area contributed by atoms with Crippen molar-refractivity contribution in [2.75, 3.05) is 24.9 Å². The molecule has 0 radical (unpaired) electrons. The predicted octanol–water partition coefficient (Wildman–Crippen LogP) is 4.40. The second kappa shape index (κ2) is 8.49. The predicted molar refractivity (Wildman–Crippen MR) is 118 cm³/mol. The second-order valence-electron chi connectivity index (χ2n) is 6.80. The van der Waals surface area contributed by atoms with Gasteiger partial charge in [0.1, 0.15) is 11.9 Å². The zero-order valence-corrected chi connectivity index (χ0v) is 18.1. The summed E-state index contributed by atoms with van der Waals surface area (Å²) in [6, 6.07) is 9.37. The van der Waals surface area contributed by atoms with Crippen molar-refractivity contribution in [3.05, 3.63) is 52.6 Å². The van der Waals surface area contributed by atoms with Crippen molar-refractivity contribution in [3.8, 4) is 22.6 Å². The Morgan fingerprint density at radius 3 is 2.68 bits per heavy atom. The summed E-state index contributed by atoms with van der Waals surface area (Å²) in [5.74, 6) is 0.945. The van der Waals surface area contributed by atoms with E-state index in [1.165, 1.54) is 4.68 Å². The maximum absolute atomic E-state index is 12.6. The minimum absolute atomic E-state index is 0.116. The highest BCUT2D eigenvalue weighted by atomic mass is 35.5. The Kier molecular flexibility index (Phi) is 5.75. The Bertz CT molecular complexity index is 1180. The summed E-state index contributed by atoms with van der Waals surface area (Å²) < 4.78 is 12.1. The quantitative estimate of drug-likeness (QED) is 0.568. The van der Waals surface area contributed by atoms with E-state index in [-0.39, 0.29) is 18.2 Å². The second-order valence-corrected chi connectivity index (χ2v) is 7.65. The Balaban J connectivity index is 1.56. The number of halogens is 2. The van der Waals surface area contributed by atoms with Crippen LogP contribution in [0.5, 0.6) is 11.5 Å². The van der Waals surface area contributed by atoms with E-state index in [0.29, 0.717) is 38.6 Å². The topological polar surface area (TPSA) is 94.5 Å². The zero-order valence-electron chi connectivity index (χ0n) is 16.6. The molecule has 160 valence electrons. The number of nitrogens with zero attached hydrogens (tertiary/aromatic N) is 2. The minimum Gasteiger partial charge on any atom is -0.493 e. The molecule has 2 aromatic carbocycles. The first-order chi connectivity index (χ1) is 14.9. The van der Waals surface area contributed by atoms with Gasteiger partial charge in [-0.3, -0.25) is 9.59 Å². The number of carbonyl (C=O) groups is 2. The molecule has 0 saturated heterocycles. The van der Waals surface area contributed by atoms with Gasteiger partial charge < -0.3 is 20.1 Å². The van der Waals surface area contributed by atoms with Crippen molar-refractivity contribution in [1.29, 1.82) is 0 Å². The molecule has 10 heteroatoms. The molecule has 2 N–H and O–H groups in total. The van der Waals surface area contributed by atoms with Gasteiger partial charge in [-0.05, 0) is 35.9 Å². The highest BCUT2D eigenvalue weighted by molar-refractivity contribution is 6.35. The van der Waals surface area contributed by atoms with E-state index in [0.717, 1.165) is 5.56 Å². The van der Waals surface area contributed by atoms with Crippen LogP contribution in [0.4, 0.5) is 11.5 Å². The van der Waals surface area contributed by atoms with Crippen LogP contribution in [0.2, 0.25) is 10.0 Å². The number of fused-ring (bicyclic) bond motifs is 1. The van der Waals surface area contributed by atoms with E-state index < -0.39 is 6.04 Å². The van der Waals surface area contributed by atoms with Crippen molar-refractivity contribution in [1.82, 2.24) is 9.78 Å². The Morgan fingerprint density at radius 2 is 1.94 bits per heavy atom. The van der Waals surface area contributed by atoms with Crippen LogP contribution in [0.15, 0.2) is 42.6 Å². The molecule has 1 atom stereocenters. The van der Waals surface area contributed by atoms with Gasteiger partial charge >= 0.3 is 0 Å². The Labute approximate surface area is 188 Å². The van der Waals surface area contributed by atoms with Gasteiger partial charge in [0.25, 0.3) is 5.91 Å². The van der Waals surface area contributed by atoms with Crippen molar-refractivity contribution in [3.63, 3.8) is 0 Å². The average molecular weight is 461 g/mol. The van der Waals surface area contributed by atoms with Gasteiger partial charge in [0.15, 0.2) is 11.5 Å². The van der Waals surface area contributed by atoms with Crippen LogP contribution in [-0.4, -0.2) is 35.8 Å². The number of anilines is 2. The lowest BCUT2D eigenvalue weighted by Gasteiger charge is -2.11. The molecule has 1 aliphatic rings. The molecule has 0 bridgehead atoms. The zero-order chi connectivity index (χ0) is 22.1. The van der Waals surface area contributed by atoms with Crippen LogP contribution >= 0.6 is 23.2 Å². The maximum Gasteiger partial charge on any atom is 0.251 e. The number of methoxy groups -OCH3 is 2. The van der Waals surface area contributed by atoms with E-state index >= 15 is 0 Å². The van der Waals surface area contributed by atoms with Gasteiger partial charge in [-0.1, -0.05) is 29.3 Å². The molecule has 4 rings (SSSR count). The Hall–Kier alpha value is -3.23. The van der Waals surface area contributed by atoms with Crippen LogP contribution in [-0.2, 0) is 9.59 Å². The van der Waals surface area contributed by atoms with Crippen molar-refractivity contribution in [2.45, 2.75) is 12.5 Å². The summed E-state index contributed by atoms with van der Waals surface area (Å²) in [7, 11) is 3.11. The van der Waals surface area contributed by atoms with E-state index in [4.69, 9.17) is 32.7 Å². The summed E-state index contributed by atoms with van der Waals surface area (Å²) in [5, 5.41) is 10.6. The molecule has 1 aromatic heterocycles. The largest absolute Gasteiger partial charge is 0.493 e. The highest BCUT2D eigenvalue weighted by Crippen LogP contribution is 2.39. The van der Waals surface area contributed by atoms with Gasteiger partial charge in [0, 0.05) is 10.6 Å². The first-order valence-electron chi connectivity index (χ1n) is 9.27. The molecule has 31 heavy (non-hydrogen) atoms. The average Bonchev–Trinajstić information content (AvgIpc) is 3.29. The molecule has 0 spiro atoms. The molecule has 0 fully saturated rings. The molecule has 0 saturated carbocycles. The summed E-state index contributed by atoms with van der Waals surface area (Å²) >= 11 is 12.1. The highest BCUT2D eigenvalue weighted by Gasteiger charge is 2.35. The fourth-order valence-electron chi connectivity index (χ4n) is 3.40. The molecular formula is C21H18Cl2N4O4. The fourth-order valence-corrected chi connectivity index (χ4v) is 3.74. The van der Waals surface area contributed by atoms with Crippen LogP contribution in [0.3, 0.4) is 0 Å². The fraction of sp³-hybridized carbons (Fsp3) is 0.190. The number of carbonyl (C=O) groups excluding carboxylic acids is 2. The van der Waals surface area contributed by atoms with Crippen LogP contribution in [0.25, 0.3) is 11.1 Å². The van der Waals surface area contributed by atoms with Crippen LogP contribution in [0.1, 0.15) is 12.5 Å². The third-order valence-electron chi connectivity index (χ3n) is 4.91. The lowest BCUT2D eigenvalue weighted by Crippen LogP contribution is -2.23. The normalized spacial score (nSPS) is 14.7. The number of hydrogen-bond acceptors (Lipinski definition) is 5. The van der Waals surface area contributed by atoms with Crippen molar-refractivity contribution < 1.29 is 19.1 Å². The summed E-state index contributed by atoms with van der Waals surface area (Å²) in [5.41, 5.74) is 1.87. The minimum atomic E-state index is -0.790. The number of nitrogens with one attached hydrogen (secondary N) is 2. The maximum atomic E-state index is 12.6. The molecular weight excluding hydrogens is 443 g/mol. The third-order valence-corrected chi connectivity index (χ3v) is 5.48. The SMILES string of the molecule is COc1ccc(-c2cnn3c2NC(=O)C3CC(=O)Nc2cc(Cl)ccc2Cl)cc1OC. The lowest BCUT2D eigenvalue weighted by molar-refractivity contribution is -0.123. The van der Waals surface area contributed by atoms with Crippen LogP contribution in [0, 0.1) is 0 Å². The molecule has 2 heterocycles. The molecule has 3 aromatic rings. The number of benzene rings is 2. The van der Waals surface area contributed by atoms with E-state index in [9.17, 15) is 9.59 Å². The van der Waals surface area contributed by atoms with Crippen molar-refractivity contribution in [2.24, 2.45) is 0 Å². The first-order valence-corrected chi connectivity index (χ1v) is 10.0. The van der Waals surface area contributed by atoms with Gasteiger partial charge in [-0.25, -0.2) is 4.68 Å². The molecule has 1 unspecified atom stereocenters. The summed E-state index contributed by atoms with van der Waals surface area (Å²) in [6.07, 6.45) is 1.52. The monoisotopic (exact) mass is 460 g/mol. The van der Waals surface area contributed by atoms with Crippen molar-refractivity contribution >= 4 is 46.5 Å². The third kappa shape index (κ3) is 4.04. The number of hydrogen-bond donors (Lipinski definition) is 2. The summed E-state index contributed by atoms with van der Waals surface area (Å²) in [6.45, 7) is 0. The molecule has 1 aliphatic heterocycles. The summed E-state index contributed by atoms with van der Waals surface area (Å²) in [4.78, 5) is 25.1. The molecule has 2 amide bonds. The lowest BCUT2D eigenvalue weighted by atomic mass is 10.1. The van der Waals surface area contributed by atoms with Gasteiger partial charge in [0.2, 0.25) is 5.91 Å².